The quantitative estimate of drug-likeness (QED) is 0.756. The zero-order valence-corrected chi connectivity index (χ0v) is 9.68. The minimum atomic E-state index is -0.239. The molecule has 1 heterocycles. The molecule has 1 aliphatic rings. The van der Waals surface area contributed by atoms with Gasteiger partial charge in [0.05, 0.1) is 12.2 Å². The van der Waals surface area contributed by atoms with Gasteiger partial charge in [0.2, 0.25) is 0 Å². The van der Waals surface area contributed by atoms with Crippen molar-refractivity contribution in [3.8, 4) is 0 Å². The maximum atomic E-state index is 10.8. The predicted octanol–water partition coefficient (Wildman–Crippen LogP) is 0.986. The van der Waals surface area contributed by atoms with Crippen LogP contribution in [0.2, 0.25) is 0 Å². The molecule has 0 bridgehead atoms. The second-order valence-corrected chi connectivity index (χ2v) is 5.23. The van der Waals surface area contributed by atoms with Crippen LogP contribution in [0.15, 0.2) is 0 Å². The average Bonchev–Trinajstić information content (AvgIpc) is 3.01. The highest BCUT2D eigenvalue weighted by molar-refractivity contribution is 5.73. The Kier molecular flexibility index (Phi) is 2.80. The maximum Gasteiger partial charge on any atom is 0.172 e. The number of aliphatic hydroxyl groups excluding tert-OH is 1. The fraction of sp³-hybridized carbons (Fsp3) is 0.727. The first kappa shape index (κ1) is 11.3. The highest BCUT2D eigenvalue weighted by Gasteiger charge is 2.32. The van der Waals surface area contributed by atoms with Crippen LogP contribution in [0.1, 0.15) is 48.8 Å². The molecular formula is C11H17N3O2. The monoisotopic (exact) mass is 223 g/mol. The van der Waals surface area contributed by atoms with E-state index in [1.165, 1.54) is 0 Å². The molecule has 5 nitrogen and oxygen atoms in total. The minimum absolute atomic E-state index is 0.0907. The van der Waals surface area contributed by atoms with Crippen LogP contribution in [0.3, 0.4) is 0 Å². The molecule has 0 saturated heterocycles. The molecule has 0 atom stereocenters. The summed E-state index contributed by atoms with van der Waals surface area (Å²) in [7, 11) is 0. The third-order valence-corrected chi connectivity index (χ3v) is 2.88. The van der Waals surface area contributed by atoms with E-state index in [0.29, 0.717) is 18.2 Å². The first-order chi connectivity index (χ1) is 7.57. The van der Waals surface area contributed by atoms with Crippen LogP contribution in [0, 0.1) is 5.41 Å². The van der Waals surface area contributed by atoms with E-state index in [0.717, 1.165) is 24.8 Å². The smallest absolute Gasteiger partial charge is 0.172 e. The van der Waals surface area contributed by atoms with Crippen molar-refractivity contribution >= 4 is 6.29 Å². The van der Waals surface area contributed by atoms with Crippen LogP contribution in [-0.4, -0.2) is 33.0 Å². The first-order valence-corrected chi connectivity index (χ1v) is 5.57. The van der Waals surface area contributed by atoms with E-state index in [1.807, 2.05) is 13.8 Å². The van der Waals surface area contributed by atoms with Crippen molar-refractivity contribution in [3.63, 3.8) is 0 Å². The minimum Gasteiger partial charge on any atom is -0.396 e. The number of aromatic nitrogens is 3. The van der Waals surface area contributed by atoms with E-state index in [-0.39, 0.29) is 12.0 Å². The van der Waals surface area contributed by atoms with E-state index in [2.05, 4.69) is 10.3 Å². The maximum absolute atomic E-state index is 10.8. The Morgan fingerprint density at radius 3 is 2.75 bits per heavy atom. The summed E-state index contributed by atoms with van der Waals surface area (Å²) in [5.41, 5.74) is 1.16. The second-order valence-electron chi connectivity index (χ2n) is 5.23. The molecule has 1 aliphatic carbocycles. The number of rotatable bonds is 5. The van der Waals surface area contributed by atoms with Gasteiger partial charge in [-0.1, -0.05) is 19.1 Å². The lowest BCUT2D eigenvalue weighted by Gasteiger charge is -2.22. The summed E-state index contributed by atoms with van der Waals surface area (Å²) in [5.74, 6) is 0.435. The van der Waals surface area contributed by atoms with Crippen molar-refractivity contribution < 1.29 is 9.90 Å². The normalized spacial score (nSPS) is 16.4. The number of nitrogens with zero attached hydrogens (tertiary/aromatic N) is 3. The van der Waals surface area contributed by atoms with Gasteiger partial charge in [-0.15, -0.1) is 5.10 Å². The largest absolute Gasteiger partial charge is 0.396 e. The SMILES string of the molecule is CC(C)(CO)Cn1nnc(C=O)c1C1CC1. The lowest BCUT2D eigenvalue weighted by molar-refractivity contribution is 0.111. The molecule has 0 spiro atoms. The van der Waals surface area contributed by atoms with Gasteiger partial charge in [0.1, 0.15) is 5.69 Å². The van der Waals surface area contributed by atoms with Crippen LogP contribution in [0.4, 0.5) is 0 Å². The number of carbonyl (C=O) groups excluding carboxylic acids is 1. The van der Waals surface area contributed by atoms with E-state index in [4.69, 9.17) is 0 Å². The van der Waals surface area contributed by atoms with Crippen molar-refractivity contribution in [2.75, 3.05) is 6.61 Å². The van der Waals surface area contributed by atoms with E-state index < -0.39 is 0 Å². The summed E-state index contributed by atoms with van der Waals surface area (Å²) in [4.78, 5) is 10.8. The molecule has 16 heavy (non-hydrogen) atoms. The van der Waals surface area contributed by atoms with Gasteiger partial charge in [0, 0.05) is 17.9 Å². The molecular weight excluding hydrogens is 206 g/mol. The highest BCUT2D eigenvalue weighted by Crippen LogP contribution is 2.41. The molecule has 0 radical (unpaired) electrons. The third-order valence-electron chi connectivity index (χ3n) is 2.88. The molecule has 5 heteroatoms. The Labute approximate surface area is 94.5 Å². The topological polar surface area (TPSA) is 68.0 Å². The number of carbonyl (C=O) groups is 1. The van der Waals surface area contributed by atoms with Crippen LogP contribution < -0.4 is 0 Å². The summed E-state index contributed by atoms with van der Waals surface area (Å²) in [6.07, 6.45) is 2.98. The summed E-state index contributed by atoms with van der Waals surface area (Å²) in [6.45, 7) is 4.61. The number of hydrogen-bond donors (Lipinski definition) is 1. The lowest BCUT2D eigenvalue weighted by atomic mass is 9.95. The highest BCUT2D eigenvalue weighted by atomic mass is 16.3. The van der Waals surface area contributed by atoms with Gasteiger partial charge in [0.15, 0.2) is 6.29 Å². The van der Waals surface area contributed by atoms with E-state index in [1.54, 1.807) is 4.68 Å². The molecule has 0 unspecified atom stereocenters. The van der Waals surface area contributed by atoms with Crippen LogP contribution in [0.5, 0.6) is 0 Å². The first-order valence-electron chi connectivity index (χ1n) is 5.57. The molecule has 0 amide bonds. The molecule has 0 aromatic carbocycles. The summed E-state index contributed by atoms with van der Waals surface area (Å²) in [5, 5.41) is 17.1. The van der Waals surface area contributed by atoms with Crippen LogP contribution >= 0.6 is 0 Å². The number of aliphatic hydroxyl groups is 1. The fourth-order valence-electron chi connectivity index (χ4n) is 1.77. The van der Waals surface area contributed by atoms with Gasteiger partial charge >= 0.3 is 0 Å². The summed E-state index contributed by atoms with van der Waals surface area (Å²) < 4.78 is 1.78. The van der Waals surface area contributed by atoms with Gasteiger partial charge in [-0.05, 0) is 12.8 Å². The standard InChI is InChI=1S/C11H17N3O2/c1-11(2,7-16)6-14-10(8-3-4-8)9(5-15)12-13-14/h5,8,16H,3-4,6-7H2,1-2H3. The third kappa shape index (κ3) is 2.14. The molecule has 88 valence electrons. The van der Waals surface area contributed by atoms with E-state index in [9.17, 15) is 9.90 Å². The molecule has 1 fully saturated rings. The van der Waals surface area contributed by atoms with Gasteiger partial charge in [-0.25, -0.2) is 4.68 Å². The molecule has 0 aliphatic heterocycles. The fourth-order valence-corrected chi connectivity index (χ4v) is 1.77. The summed E-state index contributed by atoms with van der Waals surface area (Å²) >= 11 is 0. The van der Waals surface area contributed by atoms with Gasteiger partial charge in [-0.2, -0.15) is 0 Å². The molecule has 1 aromatic rings. The summed E-state index contributed by atoms with van der Waals surface area (Å²) in [6, 6.07) is 0. The van der Waals surface area contributed by atoms with Crippen molar-refractivity contribution in [2.45, 2.75) is 39.2 Å². The van der Waals surface area contributed by atoms with Crippen molar-refractivity contribution in [1.82, 2.24) is 15.0 Å². The van der Waals surface area contributed by atoms with Crippen molar-refractivity contribution in [2.24, 2.45) is 5.41 Å². The number of hydrogen-bond acceptors (Lipinski definition) is 4. The van der Waals surface area contributed by atoms with Gasteiger partial charge < -0.3 is 5.11 Å². The van der Waals surface area contributed by atoms with Gasteiger partial charge in [-0.3, -0.25) is 4.79 Å². The molecule has 1 aromatic heterocycles. The number of aldehydes is 1. The molecule has 1 saturated carbocycles. The van der Waals surface area contributed by atoms with E-state index >= 15 is 0 Å². The average molecular weight is 223 g/mol. The Hall–Kier alpha value is -1.23. The molecule has 1 N–H and O–H groups in total. The van der Waals surface area contributed by atoms with Crippen molar-refractivity contribution in [3.05, 3.63) is 11.4 Å². The van der Waals surface area contributed by atoms with Crippen LogP contribution in [0.25, 0.3) is 0 Å². The Bertz CT molecular complexity index is 394. The zero-order chi connectivity index (χ0) is 11.8. The van der Waals surface area contributed by atoms with Gasteiger partial charge in [0.25, 0.3) is 0 Å². The Morgan fingerprint density at radius 2 is 2.25 bits per heavy atom. The van der Waals surface area contributed by atoms with Crippen LogP contribution in [-0.2, 0) is 6.54 Å². The lowest BCUT2D eigenvalue weighted by Crippen LogP contribution is -2.25. The molecule has 2 rings (SSSR count). The zero-order valence-electron chi connectivity index (χ0n) is 9.68. The Balaban J connectivity index is 2.26. The Morgan fingerprint density at radius 1 is 1.56 bits per heavy atom. The second kappa shape index (κ2) is 3.97. The van der Waals surface area contributed by atoms with Crippen molar-refractivity contribution in [1.29, 1.82) is 0 Å². The predicted molar refractivity (Wildman–Crippen MR) is 58.3 cm³/mol.